The van der Waals surface area contributed by atoms with Gasteiger partial charge in [-0.3, -0.25) is 4.98 Å². The average Bonchev–Trinajstić information content (AvgIpc) is 3.34. The van der Waals surface area contributed by atoms with Crippen molar-refractivity contribution in [2.75, 3.05) is 0 Å². The van der Waals surface area contributed by atoms with Gasteiger partial charge in [-0.1, -0.05) is 81.4 Å². The highest BCUT2D eigenvalue weighted by Gasteiger charge is 2.54. The van der Waals surface area contributed by atoms with Gasteiger partial charge in [-0.05, 0) is 23.0 Å². The van der Waals surface area contributed by atoms with Crippen molar-refractivity contribution >= 4 is 23.5 Å². The summed E-state index contributed by atoms with van der Waals surface area (Å²) < 4.78 is 11.2. The van der Waals surface area contributed by atoms with Crippen LogP contribution in [0, 0.1) is 5.41 Å². The van der Waals surface area contributed by atoms with Gasteiger partial charge in [-0.25, -0.2) is 9.59 Å². The summed E-state index contributed by atoms with van der Waals surface area (Å²) in [5.41, 5.74) is 13.0. The molecule has 0 saturated heterocycles. The van der Waals surface area contributed by atoms with E-state index < -0.39 is 41.3 Å². The molecule has 2 amide bonds. The van der Waals surface area contributed by atoms with Gasteiger partial charge in [-0.15, -0.1) is 11.3 Å². The fourth-order valence-electron chi connectivity index (χ4n) is 5.07. The number of aliphatic hydroxyl groups is 1. The molecule has 9 heteroatoms. The Kier molecular flexibility index (Phi) is 9.29. The first-order valence-corrected chi connectivity index (χ1v) is 13.0. The number of hydrogen-bond donors (Lipinski definition) is 3. The smallest absolute Gasteiger partial charge is 0.404 e. The van der Waals surface area contributed by atoms with E-state index in [2.05, 4.69) is 4.98 Å². The number of hydrogen-bond acceptors (Lipinski definition) is 7. The van der Waals surface area contributed by atoms with Gasteiger partial charge in [0.1, 0.15) is 12.2 Å². The molecule has 2 aromatic carbocycles. The van der Waals surface area contributed by atoms with E-state index in [0.717, 1.165) is 16.0 Å². The highest BCUT2D eigenvalue weighted by molar-refractivity contribution is 7.09. The first kappa shape index (κ1) is 28.1. The number of aliphatic hydroxyl groups excluding tert-OH is 1. The van der Waals surface area contributed by atoms with Crippen molar-refractivity contribution in [3.05, 3.63) is 88.4 Å². The first-order valence-electron chi connectivity index (χ1n) is 12.1. The number of carbonyl (C=O) groups excluding carboxylic acids is 2. The summed E-state index contributed by atoms with van der Waals surface area (Å²) in [5, 5.41) is 11.7. The van der Waals surface area contributed by atoms with E-state index >= 15 is 0 Å². The monoisotopic (exact) mass is 525 g/mol. The maximum absolute atomic E-state index is 12.2. The second kappa shape index (κ2) is 12.2. The van der Waals surface area contributed by atoms with Crippen molar-refractivity contribution < 1.29 is 24.2 Å². The topological polar surface area (TPSA) is 138 Å². The molecule has 198 valence electrons. The van der Waals surface area contributed by atoms with Crippen molar-refractivity contribution in [3.8, 4) is 0 Å². The van der Waals surface area contributed by atoms with Crippen LogP contribution in [-0.4, -0.2) is 40.6 Å². The number of nitrogens with zero attached hydrogens (tertiary/aromatic N) is 1. The summed E-state index contributed by atoms with van der Waals surface area (Å²) in [4.78, 5) is 29.2. The van der Waals surface area contributed by atoms with Crippen LogP contribution in [0.4, 0.5) is 9.59 Å². The van der Waals surface area contributed by atoms with Crippen LogP contribution in [0.1, 0.15) is 43.2 Å². The second-order valence-corrected chi connectivity index (χ2v) is 11.1. The zero-order chi connectivity index (χ0) is 27.1. The van der Waals surface area contributed by atoms with Crippen LogP contribution in [0.5, 0.6) is 0 Å². The molecule has 0 unspecified atom stereocenters. The third kappa shape index (κ3) is 7.08. The molecule has 4 atom stereocenters. The number of thiazole rings is 1. The van der Waals surface area contributed by atoms with Gasteiger partial charge < -0.3 is 26.0 Å². The summed E-state index contributed by atoms with van der Waals surface area (Å²) in [6, 6.07) is 19.1. The molecule has 8 nitrogen and oxygen atoms in total. The van der Waals surface area contributed by atoms with Crippen LogP contribution in [0.3, 0.4) is 0 Å². The van der Waals surface area contributed by atoms with E-state index in [0.29, 0.717) is 12.8 Å². The molecule has 0 aliphatic heterocycles. The molecule has 0 aliphatic carbocycles. The van der Waals surface area contributed by atoms with Crippen molar-refractivity contribution in [1.29, 1.82) is 0 Å². The van der Waals surface area contributed by atoms with Gasteiger partial charge in [0.05, 0.1) is 11.6 Å². The Morgan fingerprint density at radius 2 is 1.57 bits per heavy atom. The molecule has 0 spiro atoms. The Balaban J connectivity index is 2.09. The lowest BCUT2D eigenvalue weighted by atomic mass is 9.56. The number of amides is 2. The third-order valence-corrected chi connectivity index (χ3v) is 7.52. The Morgan fingerprint density at radius 1 is 0.973 bits per heavy atom. The molecule has 1 heterocycles. The number of benzene rings is 2. The molecule has 0 saturated carbocycles. The number of aromatic nitrogens is 1. The van der Waals surface area contributed by atoms with Crippen LogP contribution < -0.4 is 11.5 Å². The predicted octanol–water partition coefficient (Wildman–Crippen LogP) is 4.59. The van der Waals surface area contributed by atoms with Gasteiger partial charge in [0, 0.05) is 29.3 Å². The molecular formula is C28H35N3O5S. The lowest BCUT2D eigenvalue weighted by molar-refractivity contribution is -0.0875. The maximum Gasteiger partial charge on any atom is 0.404 e. The quantitative estimate of drug-likeness (QED) is 0.335. The first-order chi connectivity index (χ1) is 17.5. The number of rotatable bonds is 11. The molecule has 0 bridgehead atoms. The van der Waals surface area contributed by atoms with Crippen LogP contribution in [0.2, 0.25) is 0 Å². The summed E-state index contributed by atoms with van der Waals surface area (Å²) in [5.74, 6) is 0. The predicted molar refractivity (Wildman–Crippen MR) is 143 cm³/mol. The van der Waals surface area contributed by atoms with Gasteiger partial charge in [0.2, 0.25) is 0 Å². The van der Waals surface area contributed by atoms with Crippen molar-refractivity contribution in [2.24, 2.45) is 16.9 Å². The van der Waals surface area contributed by atoms with Crippen molar-refractivity contribution in [2.45, 2.75) is 63.8 Å². The lowest BCUT2D eigenvalue weighted by Gasteiger charge is -2.51. The Hall–Kier alpha value is -3.43. The molecule has 3 rings (SSSR count). The summed E-state index contributed by atoms with van der Waals surface area (Å²) in [6.45, 7) is 6.10. The fraction of sp³-hybridized carbons (Fsp3) is 0.393. The molecule has 0 fully saturated rings. The van der Waals surface area contributed by atoms with E-state index in [1.54, 1.807) is 11.7 Å². The third-order valence-electron chi connectivity index (χ3n) is 6.74. The molecular weight excluding hydrogens is 490 g/mol. The summed E-state index contributed by atoms with van der Waals surface area (Å²) in [6.07, 6.45) is -2.53. The largest absolute Gasteiger partial charge is 0.446 e. The SMILES string of the molecule is CC(C)(C)[C@@](Cc1cncs1)(c1ccccc1)[C@H](OC(N)=O)[C@@H](O)C[C@H](Cc1ccccc1)OC(N)=O. The lowest BCUT2D eigenvalue weighted by Crippen LogP contribution is -2.58. The number of primary amides is 2. The van der Waals surface area contributed by atoms with Crippen LogP contribution >= 0.6 is 11.3 Å². The zero-order valence-electron chi connectivity index (χ0n) is 21.4. The molecule has 37 heavy (non-hydrogen) atoms. The number of carbonyl (C=O) groups is 2. The number of ether oxygens (including phenoxy) is 2. The average molecular weight is 526 g/mol. The molecule has 5 N–H and O–H groups in total. The normalized spacial score (nSPS) is 15.7. The minimum Gasteiger partial charge on any atom is -0.446 e. The summed E-state index contributed by atoms with van der Waals surface area (Å²) >= 11 is 1.48. The van der Waals surface area contributed by atoms with E-state index in [9.17, 15) is 14.7 Å². The Labute approximate surface area is 221 Å². The standard InChI is InChI=1S/C28H35N3O5S/c1-27(2,3)28(16-22-17-31-18-37-22,20-12-8-5-9-13-20)24(36-26(30)34)23(32)15-21(35-25(29)33)14-19-10-6-4-7-11-19/h4-13,17-18,21,23-24,32H,14-16H2,1-3H3,(H2,29,33)(H2,30,34)/t21-,23-,24+,28-/m0/s1. The van der Waals surface area contributed by atoms with Crippen molar-refractivity contribution in [3.63, 3.8) is 0 Å². The van der Waals surface area contributed by atoms with E-state index in [1.165, 1.54) is 11.3 Å². The molecule has 0 aliphatic rings. The van der Waals surface area contributed by atoms with E-state index in [4.69, 9.17) is 20.9 Å². The zero-order valence-corrected chi connectivity index (χ0v) is 22.2. The second-order valence-electron chi connectivity index (χ2n) is 10.1. The van der Waals surface area contributed by atoms with E-state index in [1.807, 2.05) is 81.4 Å². The Bertz CT molecular complexity index is 1140. The van der Waals surface area contributed by atoms with Gasteiger partial charge >= 0.3 is 12.2 Å². The van der Waals surface area contributed by atoms with Gasteiger partial charge in [-0.2, -0.15) is 0 Å². The van der Waals surface area contributed by atoms with Crippen LogP contribution in [0.25, 0.3) is 0 Å². The summed E-state index contributed by atoms with van der Waals surface area (Å²) in [7, 11) is 0. The molecule has 1 aromatic heterocycles. The minimum atomic E-state index is -1.24. The van der Waals surface area contributed by atoms with E-state index in [-0.39, 0.29) is 6.42 Å². The number of nitrogens with two attached hydrogens (primary N) is 2. The highest BCUT2D eigenvalue weighted by Crippen LogP contribution is 2.49. The fourth-order valence-corrected chi connectivity index (χ4v) is 5.76. The molecule has 0 radical (unpaired) electrons. The van der Waals surface area contributed by atoms with Crippen LogP contribution in [-0.2, 0) is 27.7 Å². The maximum atomic E-state index is 12.2. The minimum absolute atomic E-state index is 0.0247. The van der Waals surface area contributed by atoms with Gasteiger partial charge in [0.15, 0.2) is 0 Å². The van der Waals surface area contributed by atoms with Crippen LogP contribution in [0.15, 0.2) is 72.4 Å². The Morgan fingerprint density at radius 3 is 2.08 bits per heavy atom. The highest BCUT2D eigenvalue weighted by atomic mass is 32.1. The van der Waals surface area contributed by atoms with Crippen molar-refractivity contribution in [1.82, 2.24) is 4.98 Å². The van der Waals surface area contributed by atoms with Gasteiger partial charge in [0.25, 0.3) is 0 Å². The molecule has 3 aromatic rings.